The minimum atomic E-state index is -4.88. The zero-order valence-electron chi connectivity index (χ0n) is 20.2. The van der Waals surface area contributed by atoms with Crippen molar-refractivity contribution in [1.29, 1.82) is 0 Å². The Kier molecular flexibility index (Phi) is 5.44. The maximum absolute atomic E-state index is 13.2. The van der Waals surface area contributed by atoms with Crippen molar-refractivity contribution in [2.24, 2.45) is 16.7 Å². The van der Waals surface area contributed by atoms with E-state index in [1.807, 2.05) is 32.9 Å². The topological polar surface area (TPSA) is 167 Å². The van der Waals surface area contributed by atoms with Crippen molar-refractivity contribution in [2.45, 2.75) is 76.4 Å². The highest BCUT2D eigenvalue weighted by atomic mass is 31.2. The summed E-state index contributed by atoms with van der Waals surface area (Å²) in [6.45, 7) is 4.73. The Morgan fingerprint density at radius 3 is 2.72 bits per heavy atom. The Morgan fingerprint density at radius 2 is 2.00 bits per heavy atom. The number of aliphatic hydroxyl groups excluding tert-OH is 2. The number of imide groups is 1. The van der Waals surface area contributed by atoms with E-state index in [4.69, 9.17) is 18.5 Å². The summed E-state index contributed by atoms with van der Waals surface area (Å²) in [6, 6.07) is -1.26. The van der Waals surface area contributed by atoms with Gasteiger partial charge in [-0.3, -0.25) is 19.6 Å². The Morgan fingerprint density at radius 1 is 1.25 bits per heavy atom. The molecule has 0 aromatic rings. The Hall–Kier alpha value is -1.63. The van der Waals surface area contributed by atoms with Crippen LogP contribution in [0.25, 0.3) is 0 Å². The lowest BCUT2D eigenvalue weighted by Crippen LogP contribution is -2.82. The van der Waals surface area contributed by atoms with Crippen molar-refractivity contribution in [3.8, 4) is 0 Å². The summed E-state index contributed by atoms with van der Waals surface area (Å²) in [5.41, 5.74) is 0.0923. The van der Waals surface area contributed by atoms with E-state index in [2.05, 4.69) is 5.32 Å². The number of carbonyl (C=O) groups excluding carboxylic acids is 2. The molecule has 13 heteroatoms. The van der Waals surface area contributed by atoms with Crippen molar-refractivity contribution in [3.63, 3.8) is 0 Å². The number of urea groups is 1. The van der Waals surface area contributed by atoms with E-state index < -0.39 is 80.7 Å². The molecule has 0 aromatic heterocycles. The van der Waals surface area contributed by atoms with E-state index in [9.17, 15) is 29.3 Å². The van der Waals surface area contributed by atoms with Gasteiger partial charge in [-0.1, -0.05) is 19.1 Å². The highest BCUT2D eigenvalue weighted by Gasteiger charge is 2.74. The molecule has 36 heavy (non-hydrogen) atoms. The van der Waals surface area contributed by atoms with Crippen molar-refractivity contribution in [3.05, 3.63) is 23.3 Å². The highest BCUT2D eigenvalue weighted by Crippen LogP contribution is 2.67. The summed E-state index contributed by atoms with van der Waals surface area (Å²) in [4.78, 5) is 40.5. The lowest BCUT2D eigenvalue weighted by Gasteiger charge is -2.69. The van der Waals surface area contributed by atoms with Gasteiger partial charge in [0, 0.05) is 24.2 Å². The van der Waals surface area contributed by atoms with Gasteiger partial charge in [0.2, 0.25) is 5.91 Å². The lowest BCUT2D eigenvalue weighted by molar-refractivity contribution is -0.234. The maximum atomic E-state index is 13.2. The van der Waals surface area contributed by atoms with Crippen LogP contribution in [0.15, 0.2) is 23.3 Å². The van der Waals surface area contributed by atoms with Crippen LogP contribution in [0.4, 0.5) is 4.79 Å². The predicted octanol–water partition coefficient (Wildman–Crippen LogP) is -0.0550. The molecule has 4 aliphatic heterocycles. The summed E-state index contributed by atoms with van der Waals surface area (Å²) in [6.07, 6.45) is -1.21. The number of ether oxygens (including phenoxy) is 2. The number of hydrogen-bond donors (Lipinski definition) is 3. The molecule has 1 unspecified atom stereocenters. The molecule has 3 N–H and O–H groups in total. The standard InChI is InChI=1S/C23H31N2O10P/c1-10-4-17-22(2)7-11(10)13-5-12(27)16(33-13)9-32-36(30,31)35-14-6-18(34-15(14)8-26)25-19(22)23(17,3)20(28)24-21(25)29/h4,7,12-19,26-27H,5-6,8-9H2,1-3H3,(H,30,31)(H,24,28,29)/p-1/t12-,13-,14-,15-,16-,17-,18-,19+,22+,23-/m1/s1. The van der Waals surface area contributed by atoms with Gasteiger partial charge in [0.25, 0.3) is 7.82 Å². The van der Waals surface area contributed by atoms with Gasteiger partial charge in [0.15, 0.2) is 0 Å². The first kappa shape index (κ1) is 24.7. The summed E-state index contributed by atoms with van der Waals surface area (Å²) < 4.78 is 34.9. The molecular weight excluding hydrogens is 495 g/mol. The number of allylic oxidation sites excluding steroid dienone is 1. The molecule has 6 bridgehead atoms. The fourth-order valence-corrected chi connectivity index (χ4v) is 8.29. The van der Waals surface area contributed by atoms with Crippen LogP contribution in [0.3, 0.4) is 0 Å². The van der Waals surface area contributed by atoms with Gasteiger partial charge in [0.05, 0.1) is 43.0 Å². The molecule has 12 nitrogen and oxygen atoms in total. The van der Waals surface area contributed by atoms with E-state index in [-0.39, 0.29) is 24.7 Å². The molecule has 1 saturated carbocycles. The van der Waals surface area contributed by atoms with Crippen LogP contribution < -0.4 is 10.2 Å². The second-order valence-corrected chi connectivity index (χ2v) is 12.4. The minimum absolute atomic E-state index is 0.0492. The Bertz CT molecular complexity index is 1130. The summed E-state index contributed by atoms with van der Waals surface area (Å²) in [5.74, 6) is -0.607. The number of rotatable bonds is 1. The molecule has 0 spiro atoms. The van der Waals surface area contributed by atoms with Crippen molar-refractivity contribution in [1.82, 2.24) is 10.2 Å². The number of phosphoric ester groups is 1. The van der Waals surface area contributed by atoms with Crippen LogP contribution in [0, 0.1) is 16.7 Å². The average molecular weight is 525 g/mol. The van der Waals surface area contributed by atoms with E-state index in [1.54, 1.807) is 0 Å². The lowest BCUT2D eigenvalue weighted by atomic mass is 9.40. The number of fused-ring (bicyclic) bond motifs is 7. The fraction of sp³-hybridized carbons (Fsp3) is 0.739. The van der Waals surface area contributed by atoms with Crippen LogP contribution >= 0.6 is 7.82 Å². The molecule has 4 fully saturated rings. The zero-order valence-corrected chi connectivity index (χ0v) is 21.1. The number of carbonyl (C=O) groups is 2. The minimum Gasteiger partial charge on any atom is -0.756 e. The van der Waals surface area contributed by atoms with E-state index in [0.717, 1.165) is 11.1 Å². The van der Waals surface area contributed by atoms with Gasteiger partial charge in [-0.2, -0.15) is 0 Å². The van der Waals surface area contributed by atoms with Crippen molar-refractivity contribution < 1.29 is 47.8 Å². The molecule has 0 aromatic carbocycles. The molecule has 3 saturated heterocycles. The van der Waals surface area contributed by atoms with Gasteiger partial charge < -0.3 is 33.6 Å². The molecule has 11 atom stereocenters. The van der Waals surface area contributed by atoms with Gasteiger partial charge >= 0.3 is 6.03 Å². The van der Waals surface area contributed by atoms with Gasteiger partial charge in [-0.25, -0.2) is 4.79 Å². The van der Waals surface area contributed by atoms with E-state index >= 15 is 0 Å². The maximum Gasteiger partial charge on any atom is 0.326 e. The predicted molar refractivity (Wildman–Crippen MR) is 119 cm³/mol. The first-order chi connectivity index (χ1) is 16.9. The van der Waals surface area contributed by atoms with Crippen molar-refractivity contribution in [2.75, 3.05) is 13.2 Å². The second kappa shape index (κ2) is 7.94. The Balaban J connectivity index is 1.47. The van der Waals surface area contributed by atoms with Crippen LogP contribution in [0.5, 0.6) is 0 Å². The van der Waals surface area contributed by atoms with Crippen molar-refractivity contribution >= 4 is 19.8 Å². The summed E-state index contributed by atoms with van der Waals surface area (Å²) >= 11 is 0. The van der Waals surface area contributed by atoms with Crippen LogP contribution in [0.2, 0.25) is 0 Å². The average Bonchev–Trinajstić information content (AvgIpc) is 3.37. The first-order valence-corrected chi connectivity index (χ1v) is 13.6. The Labute approximate surface area is 207 Å². The number of phosphoric acid groups is 1. The number of hydrogen-bond acceptors (Lipinski definition) is 10. The number of nitrogens with zero attached hydrogens (tertiary/aromatic N) is 1. The van der Waals surface area contributed by atoms with Crippen LogP contribution in [-0.2, 0) is 27.9 Å². The molecule has 2 aliphatic carbocycles. The van der Waals surface area contributed by atoms with E-state index in [0.29, 0.717) is 0 Å². The fourth-order valence-electron chi connectivity index (χ4n) is 7.35. The smallest absolute Gasteiger partial charge is 0.326 e. The van der Waals surface area contributed by atoms with Gasteiger partial charge in [-0.05, 0) is 25.0 Å². The number of amides is 3. The molecule has 6 rings (SSSR count). The quantitative estimate of drug-likeness (QED) is 0.395. The third-order valence-electron chi connectivity index (χ3n) is 8.94. The molecule has 4 heterocycles. The largest absolute Gasteiger partial charge is 0.756 e. The molecule has 0 radical (unpaired) electrons. The zero-order chi connectivity index (χ0) is 25.8. The molecular formula is C23H30N2O10P-. The SMILES string of the molecule is CC1=C[C@@H]2[C@]3(C)C=C1[C@H]1C[C@@H](O)[C@@H](COP(=O)([O-])O[C@@H]4C[C@@H](O[C@@H]4CO)N4C(=O)NC(=O)[C@@]2(C)[C@@H]43)O1. The van der Waals surface area contributed by atoms with E-state index in [1.165, 1.54) is 4.90 Å². The third kappa shape index (κ3) is 3.29. The first-order valence-electron chi connectivity index (χ1n) is 12.2. The highest BCUT2D eigenvalue weighted by molar-refractivity contribution is 7.45. The van der Waals surface area contributed by atoms with Gasteiger partial charge in [-0.15, -0.1) is 0 Å². The second-order valence-electron chi connectivity index (χ2n) is 11.0. The normalized spacial score (nSPS) is 52.0. The summed E-state index contributed by atoms with van der Waals surface area (Å²) in [5, 5.41) is 22.9. The molecule has 198 valence electrons. The van der Waals surface area contributed by atoms with Crippen LogP contribution in [-0.4, -0.2) is 83.1 Å². The number of nitrogens with one attached hydrogen (secondary N) is 1. The molecule has 6 aliphatic rings. The van der Waals surface area contributed by atoms with Gasteiger partial charge in [0.1, 0.15) is 18.4 Å². The van der Waals surface area contributed by atoms with Crippen LogP contribution in [0.1, 0.15) is 33.6 Å². The molecule has 3 amide bonds. The monoisotopic (exact) mass is 525 g/mol. The summed E-state index contributed by atoms with van der Waals surface area (Å²) in [7, 11) is -4.88. The number of aliphatic hydroxyl groups is 2. The third-order valence-corrected chi connectivity index (χ3v) is 9.93.